The van der Waals surface area contributed by atoms with Gasteiger partial charge in [-0.2, -0.15) is 0 Å². The Hall–Kier alpha value is -4.02. The molecule has 4 aliphatic heterocycles. The van der Waals surface area contributed by atoms with Crippen molar-refractivity contribution >= 4 is 23.6 Å². The predicted molar refractivity (Wildman–Crippen MR) is 193 cm³/mol. The van der Waals surface area contributed by atoms with Crippen LogP contribution in [-0.4, -0.2) is 93.0 Å². The zero-order valence-electron chi connectivity index (χ0n) is 29.1. The van der Waals surface area contributed by atoms with Crippen LogP contribution in [-0.2, 0) is 14.3 Å². The lowest BCUT2D eigenvalue weighted by atomic mass is 9.94. The highest BCUT2D eigenvalue weighted by Gasteiger charge is 2.37. The number of carbonyl (C=O) groups excluding carboxylic acids is 1. The standard InChI is InChI=1S/C40H49F2N5O4/c41-32-9-13-34(14-10-32)46-21-17-29(26-46)39(48)44-24-31(25-45-19-1-2-20-45)38(28-5-3-8-37(43-23-28)50-36-6-4-7-36)51-40(49)30-18-22-47(27-30)35-15-11-33(42)12-16-35/h3,8-16,23,29-31,36,38-39,44,48H,1-2,4,6-7,17-22,24-27H2/t29?,30?,31?,38-,39+/m1/s1. The fourth-order valence-electron chi connectivity index (χ4n) is 7.72. The molecule has 9 nitrogen and oxygen atoms in total. The fourth-order valence-corrected chi connectivity index (χ4v) is 7.72. The summed E-state index contributed by atoms with van der Waals surface area (Å²) < 4.78 is 39.7. The van der Waals surface area contributed by atoms with Gasteiger partial charge < -0.3 is 29.3 Å². The molecule has 2 aromatic carbocycles. The Bertz CT molecular complexity index is 1620. The van der Waals surface area contributed by atoms with E-state index < -0.39 is 12.3 Å². The molecule has 5 atom stereocenters. The summed E-state index contributed by atoms with van der Waals surface area (Å²) in [6, 6.07) is 12.8. The Morgan fingerprint density at radius 2 is 1.57 bits per heavy atom. The molecule has 3 unspecified atom stereocenters. The van der Waals surface area contributed by atoms with Gasteiger partial charge in [0.2, 0.25) is 5.88 Å². The third-order valence-electron chi connectivity index (χ3n) is 11.0. The Morgan fingerprint density at radius 3 is 2.24 bits per heavy atom. The molecule has 0 spiro atoms. The van der Waals surface area contributed by atoms with Crippen LogP contribution in [0, 0.1) is 29.4 Å². The fraction of sp³-hybridized carbons (Fsp3) is 0.525. The van der Waals surface area contributed by atoms with Gasteiger partial charge >= 0.3 is 5.97 Å². The Morgan fingerprint density at radius 1 is 0.902 bits per heavy atom. The Labute approximate surface area is 299 Å². The SMILES string of the molecule is O=C(O[C@H](C1=C=CC=C(OC2CCC2)N=C1)C(CN[C@@H](O)C1CCN(c2ccc(F)cc2)C1)CN1CCCC1)C1CCN(c2ccc(F)cc2)C1. The van der Waals surface area contributed by atoms with Crippen molar-refractivity contribution in [2.45, 2.75) is 63.4 Å². The van der Waals surface area contributed by atoms with E-state index in [2.05, 4.69) is 30.7 Å². The number of aliphatic hydroxyl groups is 1. The number of aliphatic imine (C=N–C) groups is 1. The number of nitrogens with one attached hydrogen (secondary N) is 1. The lowest BCUT2D eigenvalue weighted by molar-refractivity contribution is -0.154. The monoisotopic (exact) mass is 701 g/mol. The number of nitrogens with zero attached hydrogens (tertiary/aromatic N) is 4. The van der Waals surface area contributed by atoms with Gasteiger partial charge in [0.1, 0.15) is 30.1 Å². The van der Waals surface area contributed by atoms with Crippen molar-refractivity contribution in [3.8, 4) is 0 Å². The average Bonchev–Trinajstić information content (AvgIpc) is 3.90. The van der Waals surface area contributed by atoms with E-state index in [1.165, 1.54) is 24.3 Å². The molecule has 0 amide bonds. The van der Waals surface area contributed by atoms with Gasteiger partial charge in [0.15, 0.2) is 0 Å². The van der Waals surface area contributed by atoms with Gasteiger partial charge in [-0.1, -0.05) is 0 Å². The van der Waals surface area contributed by atoms with Gasteiger partial charge in [0.05, 0.1) is 11.5 Å². The van der Waals surface area contributed by atoms with Crippen LogP contribution in [0.2, 0.25) is 0 Å². The van der Waals surface area contributed by atoms with E-state index in [9.17, 15) is 18.7 Å². The van der Waals surface area contributed by atoms with Gasteiger partial charge in [0, 0.05) is 74.8 Å². The maximum Gasteiger partial charge on any atom is 0.311 e. The molecule has 3 saturated heterocycles. The average molecular weight is 702 g/mol. The number of esters is 1. The third-order valence-corrected chi connectivity index (χ3v) is 11.0. The number of anilines is 2. The summed E-state index contributed by atoms with van der Waals surface area (Å²) in [6.45, 7) is 5.60. The van der Waals surface area contributed by atoms with Gasteiger partial charge in [-0.05, 0) is 113 Å². The molecule has 5 aliphatic rings. The van der Waals surface area contributed by atoms with Crippen LogP contribution in [0.4, 0.5) is 20.2 Å². The number of hydrogen-bond acceptors (Lipinski definition) is 9. The molecule has 4 heterocycles. The summed E-state index contributed by atoms with van der Waals surface area (Å²) in [7, 11) is 0. The number of rotatable bonds is 14. The molecule has 0 radical (unpaired) electrons. The second kappa shape index (κ2) is 16.5. The summed E-state index contributed by atoms with van der Waals surface area (Å²) >= 11 is 0. The number of aliphatic hydroxyl groups excluding tert-OH is 1. The smallest absolute Gasteiger partial charge is 0.311 e. The minimum absolute atomic E-state index is 0.0200. The topological polar surface area (TPSA) is 89.9 Å². The Balaban J connectivity index is 1.07. The number of benzene rings is 2. The second-order valence-corrected chi connectivity index (χ2v) is 14.6. The van der Waals surface area contributed by atoms with Crippen LogP contribution in [0.1, 0.15) is 44.9 Å². The zero-order chi connectivity index (χ0) is 35.2. The van der Waals surface area contributed by atoms with Gasteiger partial charge in [-0.3, -0.25) is 10.1 Å². The number of allylic oxidation sites excluding steroid dienone is 1. The summed E-state index contributed by atoms with van der Waals surface area (Å²) in [6.07, 6.45) is 10.9. The van der Waals surface area contributed by atoms with Gasteiger partial charge in [-0.15, -0.1) is 5.73 Å². The van der Waals surface area contributed by atoms with Crippen molar-refractivity contribution in [1.82, 2.24) is 10.2 Å². The minimum atomic E-state index is -0.775. The molecule has 2 N–H and O–H groups in total. The molecule has 2 aromatic rings. The molecule has 1 saturated carbocycles. The summed E-state index contributed by atoms with van der Waals surface area (Å²) in [4.78, 5) is 25.3. The third kappa shape index (κ3) is 9.08. The quantitative estimate of drug-likeness (QED) is 0.153. The van der Waals surface area contributed by atoms with Crippen LogP contribution < -0.4 is 15.1 Å². The highest BCUT2D eigenvalue weighted by Crippen LogP contribution is 2.30. The first kappa shape index (κ1) is 35.4. The van der Waals surface area contributed by atoms with Gasteiger partial charge in [-0.25, -0.2) is 13.8 Å². The molecule has 7 rings (SSSR count). The van der Waals surface area contributed by atoms with E-state index in [1.54, 1.807) is 36.6 Å². The molecular formula is C40H49F2N5O4. The maximum atomic E-state index is 14.0. The molecule has 0 aromatic heterocycles. The first-order valence-corrected chi connectivity index (χ1v) is 18.6. The Kier molecular flexibility index (Phi) is 11.5. The van der Waals surface area contributed by atoms with Crippen molar-refractivity contribution in [3.63, 3.8) is 0 Å². The van der Waals surface area contributed by atoms with E-state index in [1.807, 2.05) is 6.08 Å². The molecule has 51 heavy (non-hydrogen) atoms. The normalized spacial score (nSPS) is 24.1. The van der Waals surface area contributed by atoms with Crippen molar-refractivity contribution < 1.29 is 28.2 Å². The van der Waals surface area contributed by atoms with Crippen LogP contribution in [0.25, 0.3) is 0 Å². The zero-order valence-corrected chi connectivity index (χ0v) is 29.1. The van der Waals surface area contributed by atoms with Crippen molar-refractivity contribution in [1.29, 1.82) is 0 Å². The number of likely N-dealkylation sites (tertiary alicyclic amines) is 1. The van der Waals surface area contributed by atoms with E-state index in [0.29, 0.717) is 50.6 Å². The lowest BCUT2D eigenvalue weighted by Gasteiger charge is -2.32. The van der Waals surface area contributed by atoms with E-state index in [4.69, 9.17) is 9.47 Å². The largest absolute Gasteiger partial charge is 0.474 e. The van der Waals surface area contributed by atoms with Crippen LogP contribution >= 0.6 is 0 Å². The molecule has 0 bridgehead atoms. The number of halogens is 2. The first-order valence-electron chi connectivity index (χ1n) is 18.6. The van der Waals surface area contributed by atoms with E-state index >= 15 is 0 Å². The van der Waals surface area contributed by atoms with Crippen LogP contribution in [0.5, 0.6) is 0 Å². The maximum absolute atomic E-state index is 14.0. The van der Waals surface area contributed by atoms with Crippen LogP contribution in [0.3, 0.4) is 0 Å². The number of hydrogen-bond donors (Lipinski definition) is 2. The summed E-state index contributed by atoms with van der Waals surface area (Å²) in [5.41, 5.74) is 5.83. The summed E-state index contributed by atoms with van der Waals surface area (Å²) in [5, 5.41) is 14.9. The molecule has 11 heteroatoms. The molecular weight excluding hydrogens is 652 g/mol. The molecule has 272 valence electrons. The van der Waals surface area contributed by atoms with Crippen LogP contribution in [0.15, 0.2) is 82.9 Å². The van der Waals surface area contributed by atoms with Crippen molar-refractivity contribution in [3.05, 3.63) is 89.5 Å². The van der Waals surface area contributed by atoms with Crippen molar-refractivity contribution in [2.75, 3.05) is 62.2 Å². The molecule has 4 fully saturated rings. The lowest BCUT2D eigenvalue weighted by Crippen LogP contribution is -2.47. The highest BCUT2D eigenvalue weighted by atomic mass is 19.1. The molecule has 1 aliphatic carbocycles. The number of carbonyl (C=O) groups is 1. The summed E-state index contributed by atoms with van der Waals surface area (Å²) in [5.74, 6) is -0.893. The predicted octanol–water partition coefficient (Wildman–Crippen LogP) is 5.43. The highest BCUT2D eigenvalue weighted by molar-refractivity contribution is 5.83. The first-order chi connectivity index (χ1) is 24.9. The van der Waals surface area contributed by atoms with E-state index in [0.717, 1.165) is 69.5 Å². The number of ether oxygens (including phenoxy) is 2. The van der Waals surface area contributed by atoms with Crippen molar-refractivity contribution in [2.24, 2.45) is 22.7 Å². The second-order valence-electron chi connectivity index (χ2n) is 14.6. The van der Waals surface area contributed by atoms with Gasteiger partial charge in [0.25, 0.3) is 0 Å². The minimum Gasteiger partial charge on any atom is -0.474 e. The van der Waals surface area contributed by atoms with E-state index in [-0.39, 0.29) is 41.5 Å².